The minimum absolute atomic E-state index is 0.155. The Labute approximate surface area is 219 Å². The van der Waals surface area contributed by atoms with E-state index >= 15 is 0 Å². The molecule has 1 fully saturated rings. The number of esters is 3. The lowest BCUT2D eigenvalue weighted by Crippen LogP contribution is -2.42. The third kappa shape index (κ3) is 15.5. The molecule has 1 saturated carbocycles. The molecule has 7 nitrogen and oxygen atoms in total. The average molecular weight is 513 g/mol. The van der Waals surface area contributed by atoms with Crippen LogP contribution in [0.3, 0.4) is 0 Å². The molecule has 0 aromatic rings. The molecular weight excluding hydrogens is 460 g/mol. The van der Waals surface area contributed by atoms with Crippen LogP contribution >= 0.6 is 0 Å². The van der Waals surface area contributed by atoms with Gasteiger partial charge in [0.1, 0.15) is 19.8 Å². The van der Waals surface area contributed by atoms with Crippen molar-refractivity contribution in [3.05, 3.63) is 0 Å². The minimum atomic E-state index is -1.16. The number of carbonyl (C=O) groups excluding carboxylic acids is 3. The zero-order valence-electron chi connectivity index (χ0n) is 23.0. The van der Waals surface area contributed by atoms with Crippen molar-refractivity contribution < 1.29 is 33.7 Å². The molecule has 1 N–H and O–H groups in total. The Kier molecular flexibility index (Phi) is 18.4. The Morgan fingerprint density at radius 1 is 0.667 bits per heavy atom. The Morgan fingerprint density at radius 3 is 1.53 bits per heavy atom. The van der Waals surface area contributed by atoms with Gasteiger partial charge >= 0.3 is 17.9 Å². The normalized spacial score (nSPS) is 14.4. The first kappa shape index (κ1) is 32.4. The lowest BCUT2D eigenvalue weighted by atomic mass is 9.86. The molecule has 0 aliphatic heterocycles. The second-order valence-corrected chi connectivity index (χ2v) is 10.7. The van der Waals surface area contributed by atoms with Crippen molar-refractivity contribution in [3.63, 3.8) is 0 Å². The fraction of sp³-hybridized carbons (Fsp3) is 0.897. The zero-order valence-corrected chi connectivity index (χ0v) is 23.0. The van der Waals surface area contributed by atoms with Gasteiger partial charge in [0.2, 0.25) is 0 Å². The van der Waals surface area contributed by atoms with Crippen LogP contribution in [-0.2, 0) is 28.6 Å². The van der Waals surface area contributed by atoms with Crippen molar-refractivity contribution in [2.24, 2.45) is 11.3 Å². The van der Waals surface area contributed by atoms with Gasteiger partial charge < -0.3 is 19.3 Å². The molecule has 0 amide bonds. The Bertz CT molecular complexity index is 570. The third-order valence-electron chi connectivity index (χ3n) is 7.14. The molecule has 0 aromatic carbocycles. The van der Waals surface area contributed by atoms with E-state index in [0.29, 0.717) is 25.2 Å². The number of rotatable bonds is 21. The molecule has 1 aliphatic carbocycles. The second-order valence-electron chi connectivity index (χ2n) is 10.7. The first-order chi connectivity index (χ1) is 17.4. The minimum Gasteiger partial charge on any atom is -0.465 e. The van der Waals surface area contributed by atoms with Crippen molar-refractivity contribution in [3.8, 4) is 0 Å². The van der Waals surface area contributed by atoms with E-state index in [0.717, 1.165) is 64.2 Å². The summed E-state index contributed by atoms with van der Waals surface area (Å²) in [5, 5.41) is 10.2. The number of unbranched alkanes of at least 4 members (excludes halogenated alkanes) is 6. The van der Waals surface area contributed by atoms with Crippen LogP contribution in [-0.4, -0.2) is 49.4 Å². The maximum Gasteiger partial charge on any atom is 0.305 e. The highest BCUT2D eigenvalue weighted by Crippen LogP contribution is 2.28. The molecule has 0 saturated heterocycles. The van der Waals surface area contributed by atoms with Crippen LogP contribution in [0.1, 0.15) is 129 Å². The molecule has 0 atom stereocenters. The van der Waals surface area contributed by atoms with Crippen LogP contribution in [0.2, 0.25) is 0 Å². The predicted octanol–water partition coefficient (Wildman–Crippen LogP) is 6.29. The van der Waals surface area contributed by atoms with E-state index in [2.05, 4.69) is 13.8 Å². The lowest BCUT2D eigenvalue weighted by Gasteiger charge is -2.30. The number of aliphatic hydroxyl groups is 1. The van der Waals surface area contributed by atoms with Gasteiger partial charge in [-0.15, -0.1) is 0 Å². The summed E-state index contributed by atoms with van der Waals surface area (Å²) in [5.41, 5.74) is -1.16. The lowest BCUT2D eigenvalue weighted by molar-refractivity contribution is -0.165. The average Bonchev–Trinajstić information content (AvgIpc) is 2.89. The summed E-state index contributed by atoms with van der Waals surface area (Å²) in [7, 11) is 0. The van der Waals surface area contributed by atoms with E-state index < -0.39 is 12.0 Å². The Balaban J connectivity index is 2.55. The number of hydrogen-bond acceptors (Lipinski definition) is 7. The fourth-order valence-corrected chi connectivity index (χ4v) is 4.58. The van der Waals surface area contributed by atoms with Gasteiger partial charge in [0.25, 0.3) is 0 Å². The van der Waals surface area contributed by atoms with Crippen molar-refractivity contribution in [2.75, 3.05) is 26.4 Å². The molecule has 36 heavy (non-hydrogen) atoms. The van der Waals surface area contributed by atoms with Gasteiger partial charge in [-0.05, 0) is 31.6 Å². The molecular formula is C29H52O7. The van der Waals surface area contributed by atoms with E-state index in [9.17, 15) is 19.5 Å². The standard InChI is InChI=1S/C29H52O7/c1-3-5-7-12-18-26(31)34-22-29(21-30,23-35-27(32)19-13-8-6-4-2)24-36-28(33)20-14-17-25-15-10-9-11-16-25/h25,30H,3-24H2,1-2H3. The molecule has 0 aromatic heterocycles. The van der Waals surface area contributed by atoms with Crippen LogP contribution in [0, 0.1) is 11.3 Å². The van der Waals surface area contributed by atoms with E-state index in [1.54, 1.807) is 0 Å². The highest BCUT2D eigenvalue weighted by atomic mass is 16.6. The van der Waals surface area contributed by atoms with Crippen LogP contribution in [0.25, 0.3) is 0 Å². The summed E-state index contributed by atoms with van der Waals surface area (Å²) >= 11 is 0. The molecule has 0 radical (unpaired) electrons. The molecule has 0 spiro atoms. The summed E-state index contributed by atoms with van der Waals surface area (Å²) < 4.78 is 16.4. The van der Waals surface area contributed by atoms with E-state index in [1.165, 1.54) is 32.1 Å². The molecule has 1 rings (SSSR count). The molecule has 0 bridgehead atoms. The van der Waals surface area contributed by atoms with Gasteiger partial charge in [0, 0.05) is 19.3 Å². The summed E-state index contributed by atoms with van der Waals surface area (Å²) in [6.07, 6.45) is 16.9. The van der Waals surface area contributed by atoms with Gasteiger partial charge in [-0.2, -0.15) is 0 Å². The zero-order chi connectivity index (χ0) is 26.5. The molecule has 210 valence electrons. The molecule has 0 heterocycles. The van der Waals surface area contributed by atoms with Gasteiger partial charge in [-0.25, -0.2) is 0 Å². The van der Waals surface area contributed by atoms with Crippen molar-refractivity contribution >= 4 is 17.9 Å². The summed E-state index contributed by atoms with van der Waals surface area (Å²) in [5.74, 6) is -0.334. The Hall–Kier alpha value is -1.63. The highest BCUT2D eigenvalue weighted by Gasteiger charge is 2.35. The van der Waals surface area contributed by atoms with Gasteiger partial charge in [0.05, 0.1) is 12.0 Å². The summed E-state index contributed by atoms with van der Waals surface area (Å²) in [6, 6.07) is 0. The van der Waals surface area contributed by atoms with Gasteiger partial charge in [-0.3, -0.25) is 14.4 Å². The maximum atomic E-state index is 12.4. The van der Waals surface area contributed by atoms with Crippen LogP contribution in [0.5, 0.6) is 0 Å². The van der Waals surface area contributed by atoms with Crippen molar-refractivity contribution in [1.29, 1.82) is 0 Å². The monoisotopic (exact) mass is 512 g/mol. The predicted molar refractivity (Wildman–Crippen MR) is 140 cm³/mol. The smallest absolute Gasteiger partial charge is 0.305 e. The van der Waals surface area contributed by atoms with E-state index in [4.69, 9.17) is 14.2 Å². The molecule has 7 heteroatoms. The first-order valence-electron chi connectivity index (χ1n) is 14.5. The Morgan fingerprint density at radius 2 is 1.11 bits per heavy atom. The largest absolute Gasteiger partial charge is 0.465 e. The number of ether oxygens (including phenoxy) is 3. The van der Waals surface area contributed by atoms with Crippen LogP contribution < -0.4 is 0 Å². The van der Waals surface area contributed by atoms with Crippen LogP contribution in [0.15, 0.2) is 0 Å². The van der Waals surface area contributed by atoms with E-state index in [-0.39, 0.29) is 37.7 Å². The third-order valence-corrected chi connectivity index (χ3v) is 7.14. The summed E-state index contributed by atoms with van der Waals surface area (Å²) in [4.78, 5) is 36.9. The number of aliphatic hydroxyl groups excluding tert-OH is 1. The number of hydrogen-bond donors (Lipinski definition) is 1. The molecule has 0 unspecified atom stereocenters. The van der Waals surface area contributed by atoms with Crippen molar-refractivity contribution in [1.82, 2.24) is 0 Å². The van der Waals surface area contributed by atoms with Crippen molar-refractivity contribution in [2.45, 2.75) is 129 Å². The first-order valence-corrected chi connectivity index (χ1v) is 14.5. The van der Waals surface area contributed by atoms with Gasteiger partial charge in [-0.1, -0.05) is 84.5 Å². The van der Waals surface area contributed by atoms with Gasteiger partial charge in [0.15, 0.2) is 0 Å². The van der Waals surface area contributed by atoms with E-state index in [1.807, 2.05) is 0 Å². The highest BCUT2D eigenvalue weighted by molar-refractivity contribution is 5.70. The fourth-order valence-electron chi connectivity index (χ4n) is 4.58. The summed E-state index contributed by atoms with van der Waals surface area (Å²) in [6.45, 7) is 3.32. The second kappa shape index (κ2) is 20.4. The maximum absolute atomic E-state index is 12.4. The molecule has 1 aliphatic rings. The quantitative estimate of drug-likeness (QED) is 0.110. The topological polar surface area (TPSA) is 99.1 Å². The van der Waals surface area contributed by atoms with Crippen LogP contribution in [0.4, 0.5) is 0 Å². The SMILES string of the molecule is CCCCCCC(=O)OCC(CO)(COC(=O)CCCCCC)COC(=O)CCCC1CCCCC1. The number of carbonyl (C=O) groups is 3.